The van der Waals surface area contributed by atoms with Gasteiger partial charge in [-0.05, 0) is 163 Å². The van der Waals surface area contributed by atoms with Crippen molar-refractivity contribution in [3.63, 3.8) is 0 Å². The second-order valence-corrected chi connectivity index (χ2v) is 26.7. The van der Waals surface area contributed by atoms with Gasteiger partial charge in [0.05, 0.1) is 11.1 Å². The molecule has 0 aliphatic carbocycles. The smallest absolute Gasteiger partial charge is 0.255 e. The average molecular weight is 1480 g/mol. The van der Waals surface area contributed by atoms with Crippen molar-refractivity contribution in [2.75, 3.05) is 37.6 Å². The van der Waals surface area contributed by atoms with E-state index in [-0.39, 0.29) is 160 Å². The molecule has 1 aromatic heterocycles. The second-order valence-electron chi connectivity index (χ2n) is 26.7. The van der Waals surface area contributed by atoms with Gasteiger partial charge in [0, 0.05) is 79.0 Å². The van der Waals surface area contributed by atoms with Crippen molar-refractivity contribution in [2.24, 2.45) is 34.6 Å². The maximum Gasteiger partial charge on any atom is 0.255 e. The minimum absolute atomic E-state index is 0.00195. The molecule has 8 atom stereocenters. The number of primary amides is 3. The first kappa shape index (κ1) is 82.2. The average Bonchev–Trinajstić information content (AvgIpc) is 1.80. The molecule has 4 aromatic carbocycles. The molecule has 0 saturated heterocycles. The normalized spacial score (nSPS) is 21.1. The van der Waals surface area contributed by atoms with E-state index in [2.05, 4.69) is 63.5 Å². The Morgan fingerprint density at radius 2 is 1.03 bits per heavy atom. The van der Waals surface area contributed by atoms with Crippen LogP contribution in [-0.4, -0.2) is 162 Å². The van der Waals surface area contributed by atoms with Crippen LogP contribution in [0.25, 0.3) is 10.9 Å². The standard InChI is InChI=1S/C72H98N20O15/c1-38(2)30-55-70(104)89-50(15-5-8-26-73)65(99)87-51-16-7-10-28-82-64(98)47-35-42(75)19-23-58(47)107-44-32-39(62(96)86-53(69(103)91-55)20-24-59(76)93)31-43(36-44)106-57-22-18-41(74)34-46(57)63(97)81-27-9-6-14-49(61(78)95)85-68(102)54(21-25-60(77)94)90-71(105)56(33-40-37-84-48-13-4-3-12-45(40)48)92-67(101)52(88-66(51)100)17-11-29-83-72(79)80/h3-4,12-13,18-19,22-23,31-32,34-38,49-56,84H,5-11,14-17,20-21,24-30,33,73-75H2,1-2H3,(H2,76,93)(H2,77,94)(H2,78,95)(H,81,97)(H,82,98)(H,85,102)(H,86,96)(H,87,99)(H,88,100)(H,89,104)(H,90,105)(H,91,103)(H,92,101)(H4,79,80,83)/t49?,50-,51?,52+,53-,54-,55-,56-/m0/s1. The largest absolute Gasteiger partial charge is 0.456 e. The summed E-state index contributed by atoms with van der Waals surface area (Å²) in [5.41, 5.74) is 42.1. The van der Waals surface area contributed by atoms with Gasteiger partial charge in [0.15, 0.2) is 5.96 Å². The molecule has 27 N–H and O–H groups in total. The first-order valence-electron chi connectivity index (χ1n) is 35.5. The minimum Gasteiger partial charge on any atom is -0.456 e. The highest BCUT2D eigenvalue weighted by Gasteiger charge is 2.36. The number of unbranched alkanes of at least 4 members (excludes halogenated alkanes) is 1. The maximum absolute atomic E-state index is 15.2. The first-order chi connectivity index (χ1) is 51.0. The molecule has 0 fully saturated rings. The van der Waals surface area contributed by atoms with Crippen molar-refractivity contribution in [2.45, 2.75) is 171 Å². The van der Waals surface area contributed by atoms with Crippen LogP contribution in [0.2, 0.25) is 0 Å². The summed E-state index contributed by atoms with van der Waals surface area (Å²) in [6, 6.07) is 7.08. The maximum atomic E-state index is 15.2. The molecule has 4 bridgehead atoms. The Hall–Kier alpha value is -12.0. The fraction of sp³-hybridized carbons (Fsp3) is 0.444. The van der Waals surface area contributed by atoms with Gasteiger partial charge in [-0.3, -0.25) is 67.7 Å². The number of benzene rings is 4. The van der Waals surface area contributed by atoms with E-state index in [1.807, 2.05) is 0 Å². The van der Waals surface area contributed by atoms with Gasteiger partial charge in [-0.15, -0.1) is 0 Å². The lowest BCUT2D eigenvalue weighted by atomic mass is 10.00. The van der Waals surface area contributed by atoms with E-state index in [1.54, 1.807) is 44.3 Å². The van der Waals surface area contributed by atoms with Crippen molar-refractivity contribution < 1.29 is 71.8 Å². The van der Waals surface area contributed by atoms with Crippen molar-refractivity contribution in [1.82, 2.24) is 63.5 Å². The number of fused-ring (bicyclic) bond motifs is 10. The summed E-state index contributed by atoms with van der Waals surface area (Å²) in [7, 11) is 0. The molecule has 2 unspecified atom stereocenters. The highest BCUT2D eigenvalue weighted by molar-refractivity contribution is 6.02. The van der Waals surface area contributed by atoms with E-state index in [1.165, 1.54) is 54.6 Å². The molecule has 2 aliphatic rings. The molecule has 5 aromatic rings. The number of para-hydroxylation sites is 1. The molecule has 576 valence electrons. The predicted molar refractivity (Wildman–Crippen MR) is 395 cm³/mol. The molecule has 107 heavy (non-hydrogen) atoms. The van der Waals surface area contributed by atoms with E-state index < -0.39 is 157 Å². The number of aromatic amines is 1. The van der Waals surface area contributed by atoms with E-state index in [0.717, 1.165) is 0 Å². The van der Waals surface area contributed by atoms with Crippen molar-refractivity contribution >= 4 is 105 Å². The summed E-state index contributed by atoms with van der Waals surface area (Å²) in [6.45, 7) is 3.60. The number of nitrogens with one attached hydrogen (secondary N) is 13. The molecule has 2 aliphatic heterocycles. The van der Waals surface area contributed by atoms with Gasteiger partial charge in [0.25, 0.3) is 17.7 Å². The first-order valence-corrected chi connectivity index (χ1v) is 35.5. The van der Waals surface area contributed by atoms with Crippen molar-refractivity contribution in [3.8, 4) is 23.0 Å². The number of aromatic nitrogens is 1. The van der Waals surface area contributed by atoms with Gasteiger partial charge in [-0.2, -0.15) is 0 Å². The summed E-state index contributed by atoms with van der Waals surface area (Å²) in [6.07, 6.45) is 0.266. The molecule has 7 rings (SSSR count). The van der Waals surface area contributed by atoms with Crippen LogP contribution in [0.15, 0.2) is 85.1 Å². The summed E-state index contributed by atoms with van der Waals surface area (Å²) in [5, 5.41) is 38.2. The van der Waals surface area contributed by atoms with Crippen LogP contribution in [0.5, 0.6) is 23.0 Å². The Morgan fingerprint density at radius 1 is 0.533 bits per heavy atom. The summed E-state index contributed by atoms with van der Waals surface area (Å²) < 4.78 is 12.8. The molecular weight excluding hydrogens is 1380 g/mol. The van der Waals surface area contributed by atoms with Crippen LogP contribution in [0.1, 0.15) is 153 Å². The van der Waals surface area contributed by atoms with Crippen molar-refractivity contribution in [3.05, 3.63) is 107 Å². The SMILES string of the molecule is CC(C)C[C@@H]1NC(=O)[C@H](CCC(N)=O)NC(=O)c2cc3cc(c2)Oc2ccc(N)cc2C(=O)NCCCCC(NC(=O)[C@H](CCCCN)NC1=O)C(=O)N[C@H](CCCNC(=N)N)C(=O)N[C@@H](Cc1c[nH]c2ccccc12)C(=O)N[C@@H](CCC(N)=O)C(=O)NC(C(N)=O)CCCCNC(=O)c1cc(N)ccc1O3. The van der Waals surface area contributed by atoms with Gasteiger partial charge >= 0.3 is 0 Å². The molecule has 0 radical (unpaired) electrons. The van der Waals surface area contributed by atoms with Gasteiger partial charge in [0.2, 0.25) is 59.1 Å². The third-order valence-electron chi connectivity index (χ3n) is 17.7. The highest BCUT2D eigenvalue weighted by atomic mass is 16.5. The van der Waals surface area contributed by atoms with E-state index in [4.69, 9.17) is 55.0 Å². The van der Waals surface area contributed by atoms with Gasteiger partial charge in [-0.1, -0.05) is 32.0 Å². The van der Waals surface area contributed by atoms with Crippen LogP contribution >= 0.6 is 0 Å². The number of H-pyrrole nitrogens is 1. The monoisotopic (exact) mass is 1480 g/mol. The van der Waals surface area contributed by atoms with E-state index in [9.17, 15) is 47.9 Å². The molecule has 3 heterocycles. The number of ether oxygens (including phenoxy) is 2. The number of hydrogen-bond acceptors (Lipinski definition) is 19. The lowest BCUT2D eigenvalue weighted by Crippen LogP contribution is -2.60. The number of amides is 13. The second kappa shape index (κ2) is 40.3. The van der Waals surface area contributed by atoms with Crippen LogP contribution in [0, 0.1) is 11.3 Å². The van der Waals surface area contributed by atoms with Gasteiger partial charge in [0.1, 0.15) is 71.3 Å². The number of hydrogen-bond donors (Lipinski definition) is 20. The lowest BCUT2D eigenvalue weighted by molar-refractivity contribution is -0.136. The Kier molecular flexibility index (Phi) is 31.0. The number of guanidine groups is 1. The topological polar surface area (TPSA) is 594 Å². The molecule has 35 nitrogen and oxygen atoms in total. The predicted octanol–water partition coefficient (Wildman–Crippen LogP) is -0.0663. The van der Waals surface area contributed by atoms with Gasteiger partial charge < -0.3 is 113 Å². The molecule has 0 spiro atoms. The molecule has 13 amide bonds. The third kappa shape index (κ3) is 25.7. The zero-order valence-corrected chi connectivity index (χ0v) is 59.8. The fourth-order valence-corrected chi connectivity index (χ4v) is 12.0. The van der Waals surface area contributed by atoms with Crippen LogP contribution < -0.4 is 108 Å². The fourth-order valence-electron chi connectivity index (χ4n) is 12.0. The third-order valence-corrected chi connectivity index (χ3v) is 17.7. The number of carbonyl (C=O) groups is 13. The molecular formula is C72H98N20O15. The zero-order valence-electron chi connectivity index (χ0n) is 59.8. The Labute approximate surface area is 617 Å². The quantitative estimate of drug-likeness (QED) is 0.0223. The number of nitrogens with two attached hydrogens (primary N) is 7. The Morgan fingerprint density at radius 3 is 1.59 bits per heavy atom. The minimum atomic E-state index is -1.59. The number of nitrogen functional groups attached to an aromatic ring is 2. The molecule has 35 heteroatoms. The van der Waals surface area contributed by atoms with Crippen molar-refractivity contribution in [1.29, 1.82) is 5.41 Å². The lowest BCUT2D eigenvalue weighted by Gasteiger charge is -2.28. The summed E-state index contributed by atoms with van der Waals surface area (Å²) in [4.78, 5) is 189. The number of carbonyl (C=O) groups excluding carboxylic acids is 13. The zero-order chi connectivity index (χ0) is 77.9. The summed E-state index contributed by atoms with van der Waals surface area (Å²) in [5.74, 6) is -12.8. The van der Waals surface area contributed by atoms with Crippen LogP contribution in [0.3, 0.4) is 0 Å². The van der Waals surface area contributed by atoms with Crippen LogP contribution in [0.4, 0.5) is 11.4 Å². The van der Waals surface area contributed by atoms with Crippen LogP contribution in [-0.2, 0) is 54.4 Å². The molecule has 0 saturated carbocycles. The van der Waals surface area contributed by atoms with E-state index >= 15 is 14.4 Å². The van der Waals surface area contributed by atoms with Gasteiger partial charge in [-0.25, -0.2) is 0 Å². The summed E-state index contributed by atoms with van der Waals surface area (Å²) >= 11 is 0. The highest BCUT2D eigenvalue weighted by Crippen LogP contribution is 2.35. The number of anilines is 2. The van der Waals surface area contributed by atoms with E-state index in [0.29, 0.717) is 22.9 Å². The Balaban J connectivity index is 1.39. The number of rotatable bonds is 19. The Bertz CT molecular complexity index is 4070.